The first kappa shape index (κ1) is 16.4. The highest BCUT2D eigenvalue weighted by Gasteiger charge is 2.20. The van der Waals surface area contributed by atoms with Gasteiger partial charge in [0.2, 0.25) is 5.91 Å². The van der Waals surface area contributed by atoms with E-state index >= 15 is 0 Å². The third-order valence-electron chi connectivity index (χ3n) is 3.57. The number of carbonyl (C=O) groups is 1. The molecule has 0 saturated heterocycles. The molecule has 1 amide bonds. The van der Waals surface area contributed by atoms with Crippen molar-refractivity contribution in [3.8, 4) is 0 Å². The quantitative estimate of drug-likeness (QED) is 0.820. The van der Waals surface area contributed by atoms with Crippen LogP contribution in [0, 0.1) is 5.92 Å². The van der Waals surface area contributed by atoms with Gasteiger partial charge < -0.3 is 11.1 Å². The highest BCUT2D eigenvalue weighted by Crippen LogP contribution is 2.28. The number of anilines is 1. The number of nitrogens with two attached hydrogens (primary N) is 1. The zero-order valence-corrected chi connectivity index (χ0v) is 13.6. The lowest BCUT2D eigenvalue weighted by Crippen LogP contribution is -2.33. The Kier molecular flexibility index (Phi) is 5.45. The van der Waals surface area contributed by atoms with Gasteiger partial charge in [-0.25, -0.2) is 0 Å². The Balaban J connectivity index is 2.10. The molecule has 3 nitrogen and oxygen atoms in total. The van der Waals surface area contributed by atoms with E-state index in [0.717, 1.165) is 11.1 Å². The average Bonchev–Trinajstić information content (AvgIpc) is 2.48. The Hall–Kier alpha value is -2.00. The normalized spacial score (nSPS) is 12.2. The molecule has 0 aliphatic carbocycles. The summed E-state index contributed by atoms with van der Waals surface area (Å²) in [6.07, 6.45) is 0.327. The molecule has 2 aromatic rings. The summed E-state index contributed by atoms with van der Waals surface area (Å²) in [4.78, 5) is 12.3. The summed E-state index contributed by atoms with van der Waals surface area (Å²) in [7, 11) is 0. The molecule has 0 aliphatic heterocycles. The lowest BCUT2D eigenvalue weighted by Gasteiger charge is -2.24. The van der Waals surface area contributed by atoms with Gasteiger partial charge >= 0.3 is 0 Å². The smallest absolute Gasteiger partial charge is 0.224 e. The van der Waals surface area contributed by atoms with Crippen LogP contribution in [-0.2, 0) is 11.2 Å². The van der Waals surface area contributed by atoms with Crippen molar-refractivity contribution in [1.82, 2.24) is 5.32 Å². The third kappa shape index (κ3) is 4.25. The average molecular weight is 317 g/mol. The zero-order chi connectivity index (χ0) is 16.1. The monoisotopic (exact) mass is 316 g/mol. The fourth-order valence-corrected chi connectivity index (χ4v) is 2.63. The van der Waals surface area contributed by atoms with Gasteiger partial charge in [-0.2, -0.15) is 0 Å². The van der Waals surface area contributed by atoms with E-state index in [1.165, 1.54) is 0 Å². The van der Waals surface area contributed by atoms with E-state index in [2.05, 4.69) is 19.2 Å². The van der Waals surface area contributed by atoms with Crippen molar-refractivity contribution in [1.29, 1.82) is 0 Å². The number of hydrogen-bond donors (Lipinski definition) is 2. The third-order valence-corrected chi connectivity index (χ3v) is 3.91. The maximum atomic E-state index is 12.3. The largest absolute Gasteiger partial charge is 0.399 e. The number of nitrogens with one attached hydrogen (secondary N) is 1. The molecule has 0 aromatic heterocycles. The minimum Gasteiger partial charge on any atom is -0.399 e. The van der Waals surface area contributed by atoms with E-state index < -0.39 is 0 Å². The SMILES string of the molecule is CC(C)C(NC(=O)Cc1ccc(N)cc1)c1ccccc1Cl. The molecule has 4 heteroatoms. The number of carbonyl (C=O) groups excluding carboxylic acids is 1. The Labute approximate surface area is 136 Å². The van der Waals surface area contributed by atoms with E-state index in [0.29, 0.717) is 17.1 Å². The lowest BCUT2D eigenvalue weighted by molar-refractivity contribution is -0.121. The van der Waals surface area contributed by atoms with Crippen LogP contribution in [0.1, 0.15) is 31.0 Å². The summed E-state index contributed by atoms with van der Waals surface area (Å²) < 4.78 is 0. The van der Waals surface area contributed by atoms with Gasteiger partial charge in [0.1, 0.15) is 0 Å². The van der Waals surface area contributed by atoms with Crippen molar-refractivity contribution < 1.29 is 4.79 Å². The van der Waals surface area contributed by atoms with E-state index in [4.69, 9.17) is 17.3 Å². The molecule has 3 N–H and O–H groups in total. The lowest BCUT2D eigenvalue weighted by atomic mass is 9.95. The zero-order valence-electron chi connectivity index (χ0n) is 12.8. The molecule has 0 fully saturated rings. The van der Waals surface area contributed by atoms with Gasteiger partial charge in [-0.1, -0.05) is 55.8 Å². The topological polar surface area (TPSA) is 55.1 Å². The molecule has 22 heavy (non-hydrogen) atoms. The predicted molar refractivity (Wildman–Crippen MR) is 91.7 cm³/mol. The van der Waals surface area contributed by atoms with Crippen molar-refractivity contribution in [3.05, 3.63) is 64.7 Å². The fourth-order valence-electron chi connectivity index (χ4n) is 2.38. The van der Waals surface area contributed by atoms with Crippen LogP contribution in [0.5, 0.6) is 0 Å². The van der Waals surface area contributed by atoms with Crippen molar-refractivity contribution >= 4 is 23.2 Å². The first-order chi connectivity index (χ1) is 10.5. The molecule has 0 bridgehead atoms. The van der Waals surface area contributed by atoms with E-state index in [-0.39, 0.29) is 17.9 Å². The number of benzene rings is 2. The second-order valence-electron chi connectivity index (χ2n) is 5.73. The van der Waals surface area contributed by atoms with Gasteiger partial charge in [-0.05, 0) is 35.2 Å². The molecule has 0 saturated carbocycles. The molecule has 0 spiro atoms. The van der Waals surface area contributed by atoms with Gasteiger partial charge in [-0.3, -0.25) is 4.79 Å². The Bertz CT molecular complexity index is 638. The van der Waals surface area contributed by atoms with Gasteiger partial charge in [0.15, 0.2) is 0 Å². The highest BCUT2D eigenvalue weighted by molar-refractivity contribution is 6.31. The van der Waals surface area contributed by atoms with Crippen LogP contribution in [0.3, 0.4) is 0 Å². The van der Waals surface area contributed by atoms with Crippen LogP contribution >= 0.6 is 11.6 Å². The number of rotatable bonds is 5. The maximum Gasteiger partial charge on any atom is 0.224 e. The highest BCUT2D eigenvalue weighted by atomic mass is 35.5. The Morgan fingerprint density at radius 1 is 1.14 bits per heavy atom. The maximum absolute atomic E-state index is 12.3. The van der Waals surface area contributed by atoms with Crippen LogP contribution in [0.2, 0.25) is 5.02 Å². The minimum atomic E-state index is -0.102. The second-order valence-corrected chi connectivity index (χ2v) is 6.14. The number of hydrogen-bond acceptors (Lipinski definition) is 2. The van der Waals surface area contributed by atoms with E-state index in [9.17, 15) is 4.79 Å². The van der Waals surface area contributed by atoms with E-state index in [1.807, 2.05) is 36.4 Å². The van der Waals surface area contributed by atoms with Gasteiger partial charge in [0.25, 0.3) is 0 Å². The fraction of sp³-hybridized carbons (Fsp3) is 0.278. The van der Waals surface area contributed by atoms with Crippen molar-refractivity contribution in [2.45, 2.75) is 26.3 Å². The molecule has 0 heterocycles. The first-order valence-corrected chi connectivity index (χ1v) is 7.73. The van der Waals surface area contributed by atoms with Crippen LogP contribution in [0.15, 0.2) is 48.5 Å². The molecular weight excluding hydrogens is 296 g/mol. The molecule has 2 aromatic carbocycles. The number of nitrogen functional groups attached to an aromatic ring is 1. The number of halogens is 1. The molecule has 1 unspecified atom stereocenters. The van der Waals surface area contributed by atoms with Gasteiger partial charge in [0.05, 0.1) is 12.5 Å². The van der Waals surface area contributed by atoms with Crippen LogP contribution in [0.4, 0.5) is 5.69 Å². The molecule has 116 valence electrons. The Morgan fingerprint density at radius 2 is 1.77 bits per heavy atom. The van der Waals surface area contributed by atoms with Crippen LogP contribution in [-0.4, -0.2) is 5.91 Å². The van der Waals surface area contributed by atoms with E-state index in [1.54, 1.807) is 12.1 Å². The summed E-state index contributed by atoms with van der Waals surface area (Å²) in [6, 6.07) is 14.9. The van der Waals surface area contributed by atoms with Gasteiger partial charge in [-0.15, -0.1) is 0 Å². The summed E-state index contributed by atoms with van der Waals surface area (Å²) in [5, 5.41) is 3.76. The van der Waals surface area contributed by atoms with Crippen LogP contribution in [0.25, 0.3) is 0 Å². The molecule has 2 rings (SSSR count). The summed E-state index contributed by atoms with van der Waals surface area (Å²) >= 11 is 6.26. The van der Waals surface area contributed by atoms with Crippen LogP contribution < -0.4 is 11.1 Å². The van der Waals surface area contributed by atoms with Crippen molar-refractivity contribution in [2.24, 2.45) is 5.92 Å². The minimum absolute atomic E-state index is 0.0246. The first-order valence-electron chi connectivity index (χ1n) is 7.35. The molecule has 0 aliphatic rings. The standard InChI is InChI=1S/C18H21ClN2O/c1-12(2)18(15-5-3-4-6-16(15)19)21-17(22)11-13-7-9-14(20)10-8-13/h3-10,12,18H,11,20H2,1-2H3,(H,21,22). The van der Waals surface area contributed by atoms with Crippen molar-refractivity contribution in [2.75, 3.05) is 5.73 Å². The van der Waals surface area contributed by atoms with Crippen molar-refractivity contribution in [3.63, 3.8) is 0 Å². The summed E-state index contributed by atoms with van der Waals surface area (Å²) in [5.74, 6) is 0.221. The van der Waals surface area contributed by atoms with Gasteiger partial charge in [0, 0.05) is 10.7 Å². The summed E-state index contributed by atoms with van der Waals surface area (Å²) in [6.45, 7) is 4.13. The molecule has 0 radical (unpaired) electrons. The predicted octanol–water partition coefficient (Wildman–Crippen LogP) is 3.98. The second kappa shape index (κ2) is 7.32. The number of amides is 1. The Morgan fingerprint density at radius 3 is 2.36 bits per heavy atom. The molecule has 1 atom stereocenters. The summed E-state index contributed by atoms with van der Waals surface area (Å²) in [5.41, 5.74) is 8.24. The molecular formula is C18H21ClN2O.